The molecule has 2 unspecified atom stereocenters. The van der Waals surface area contributed by atoms with Crippen molar-refractivity contribution in [2.75, 3.05) is 0 Å². The second-order valence-electron chi connectivity index (χ2n) is 1.90. The third kappa shape index (κ3) is 3.85. The van der Waals surface area contributed by atoms with Gasteiger partial charge in [-0.05, 0) is 0 Å². The molecule has 0 amide bonds. The number of rotatable bonds is 3. The van der Waals surface area contributed by atoms with Crippen molar-refractivity contribution in [2.24, 2.45) is 0 Å². The van der Waals surface area contributed by atoms with Crippen molar-refractivity contribution in [2.45, 2.75) is 25.0 Å². The van der Waals surface area contributed by atoms with E-state index < -0.39 is 12.2 Å². The van der Waals surface area contributed by atoms with Gasteiger partial charge in [0.15, 0.2) is 0 Å². The van der Waals surface area contributed by atoms with Crippen molar-refractivity contribution in [3.63, 3.8) is 0 Å². The van der Waals surface area contributed by atoms with E-state index in [1.165, 1.54) is 0 Å². The summed E-state index contributed by atoms with van der Waals surface area (Å²) in [4.78, 5) is 0. The number of nitrogens with zero attached hydrogens (tertiary/aromatic N) is 2. The summed E-state index contributed by atoms with van der Waals surface area (Å²) in [6, 6.07) is 3.27. The lowest BCUT2D eigenvalue weighted by atomic mass is 10.1. The van der Waals surface area contributed by atoms with Crippen LogP contribution in [0.4, 0.5) is 0 Å². The van der Waals surface area contributed by atoms with Crippen molar-refractivity contribution < 1.29 is 10.2 Å². The van der Waals surface area contributed by atoms with Gasteiger partial charge in [0, 0.05) is 6.42 Å². The minimum atomic E-state index is -1.16. The van der Waals surface area contributed by atoms with Crippen LogP contribution in [0.2, 0.25) is 0 Å². The number of hydrogen-bond donors (Lipinski definition) is 2. The van der Waals surface area contributed by atoms with Crippen LogP contribution >= 0.6 is 0 Å². The van der Waals surface area contributed by atoms with Crippen LogP contribution in [0.25, 0.3) is 0 Å². The third-order valence-electron chi connectivity index (χ3n) is 0.971. The Bertz CT molecular complexity index is 168. The van der Waals surface area contributed by atoms with Gasteiger partial charge < -0.3 is 10.2 Å². The van der Waals surface area contributed by atoms with Gasteiger partial charge in [-0.15, -0.1) is 0 Å². The number of aliphatic hydroxyl groups excluding tert-OH is 2. The summed E-state index contributed by atoms with van der Waals surface area (Å²) in [6.07, 6.45) is -2.15. The second kappa shape index (κ2) is 4.75. The van der Waals surface area contributed by atoms with E-state index in [0.29, 0.717) is 0 Å². The van der Waals surface area contributed by atoms with E-state index in [4.69, 9.17) is 20.7 Å². The normalized spacial score (nSPS) is 14.8. The standard InChI is InChI=1S/C6H8N2O2/c7-2-1-5(9)3-6(10)4-8/h5-6,9-10H,1,3H2. The average Bonchev–Trinajstić information content (AvgIpc) is 1.88. The molecule has 0 aromatic heterocycles. The molecule has 0 spiro atoms. The Morgan fingerprint density at radius 1 is 1.30 bits per heavy atom. The van der Waals surface area contributed by atoms with Crippen LogP contribution in [-0.4, -0.2) is 22.4 Å². The zero-order chi connectivity index (χ0) is 7.98. The Labute approximate surface area is 58.9 Å². The molecule has 0 aromatic carbocycles. The second-order valence-corrected chi connectivity index (χ2v) is 1.90. The lowest BCUT2D eigenvalue weighted by Crippen LogP contribution is -2.15. The molecule has 0 rings (SSSR count). The molecule has 0 fully saturated rings. The molecule has 10 heavy (non-hydrogen) atoms. The summed E-state index contributed by atoms with van der Waals surface area (Å²) in [5.74, 6) is 0. The van der Waals surface area contributed by atoms with Crippen molar-refractivity contribution in [1.29, 1.82) is 10.5 Å². The predicted molar refractivity (Wildman–Crippen MR) is 32.5 cm³/mol. The highest BCUT2D eigenvalue weighted by Crippen LogP contribution is 1.99. The van der Waals surface area contributed by atoms with Gasteiger partial charge in [0.05, 0.1) is 24.7 Å². The monoisotopic (exact) mass is 140 g/mol. The molecule has 0 aliphatic rings. The predicted octanol–water partition coefficient (Wildman–Crippen LogP) is -0.464. The van der Waals surface area contributed by atoms with E-state index in [-0.39, 0.29) is 12.8 Å². The quantitative estimate of drug-likeness (QED) is 0.519. The van der Waals surface area contributed by atoms with Gasteiger partial charge in [0.25, 0.3) is 0 Å². The van der Waals surface area contributed by atoms with Crippen molar-refractivity contribution >= 4 is 0 Å². The van der Waals surface area contributed by atoms with Crippen molar-refractivity contribution in [1.82, 2.24) is 0 Å². The van der Waals surface area contributed by atoms with Crippen LogP contribution in [0.15, 0.2) is 0 Å². The maximum absolute atomic E-state index is 8.82. The molecule has 0 heterocycles. The molecule has 0 aliphatic carbocycles. The van der Waals surface area contributed by atoms with E-state index in [1.54, 1.807) is 12.1 Å². The Balaban J connectivity index is 3.51. The van der Waals surface area contributed by atoms with Gasteiger partial charge in [0.2, 0.25) is 0 Å². The Morgan fingerprint density at radius 2 is 1.90 bits per heavy atom. The van der Waals surface area contributed by atoms with Crippen LogP contribution in [-0.2, 0) is 0 Å². The molecule has 4 heteroatoms. The highest BCUT2D eigenvalue weighted by molar-refractivity contribution is 4.86. The molecule has 0 radical (unpaired) electrons. The average molecular weight is 140 g/mol. The van der Waals surface area contributed by atoms with Crippen LogP contribution in [0.5, 0.6) is 0 Å². The molecule has 2 N–H and O–H groups in total. The van der Waals surface area contributed by atoms with Gasteiger partial charge in [-0.1, -0.05) is 0 Å². The number of aliphatic hydroxyl groups is 2. The Hall–Kier alpha value is -1.10. The summed E-state index contributed by atoms with van der Waals surface area (Å²) in [7, 11) is 0. The lowest BCUT2D eigenvalue weighted by Gasteiger charge is -2.04. The maximum atomic E-state index is 8.82. The van der Waals surface area contributed by atoms with Crippen LogP contribution in [0.3, 0.4) is 0 Å². The minimum Gasteiger partial charge on any atom is -0.392 e. The zero-order valence-corrected chi connectivity index (χ0v) is 5.36. The summed E-state index contributed by atoms with van der Waals surface area (Å²) in [5.41, 5.74) is 0. The van der Waals surface area contributed by atoms with Crippen LogP contribution in [0.1, 0.15) is 12.8 Å². The van der Waals surface area contributed by atoms with E-state index in [1.807, 2.05) is 0 Å². The fourth-order valence-electron chi connectivity index (χ4n) is 0.499. The first kappa shape index (κ1) is 8.90. The molecule has 4 nitrogen and oxygen atoms in total. The van der Waals surface area contributed by atoms with E-state index in [0.717, 1.165) is 0 Å². The summed E-state index contributed by atoms with van der Waals surface area (Å²) in [5, 5.41) is 33.5. The van der Waals surface area contributed by atoms with Gasteiger partial charge in [-0.3, -0.25) is 0 Å². The molecule has 0 aromatic rings. The highest BCUT2D eigenvalue weighted by atomic mass is 16.3. The van der Waals surface area contributed by atoms with E-state index in [9.17, 15) is 0 Å². The molecule has 0 saturated carbocycles. The fourth-order valence-corrected chi connectivity index (χ4v) is 0.499. The molecule has 2 atom stereocenters. The third-order valence-corrected chi connectivity index (χ3v) is 0.971. The number of hydrogen-bond acceptors (Lipinski definition) is 4. The summed E-state index contributed by atoms with van der Waals surface area (Å²) < 4.78 is 0. The molecular formula is C6H8N2O2. The summed E-state index contributed by atoms with van der Waals surface area (Å²) in [6.45, 7) is 0. The molecule has 0 aliphatic heterocycles. The van der Waals surface area contributed by atoms with E-state index in [2.05, 4.69) is 0 Å². The molecule has 0 bridgehead atoms. The smallest absolute Gasteiger partial charge is 0.143 e. The maximum Gasteiger partial charge on any atom is 0.143 e. The van der Waals surface area contributed by atoms with Crippen LogP contribution < -0.4 is 0 Å². The zero-order valence-electron chi connectivity index (χ0n) is 5.36. The SMILES string of the molecule is N#CCC(O)CC(O)C#N. The van der Waals surface area contributed by atoms with E-state index >= 15 is 0 Å². The number of nitriles is 2. The summed E-state index contributed by atoms with van der Waals surface area (Å²) >= 11 is 0. The first-order valence-electron chi connectivity index (χ1n) is 2.83. The topological polar surface area (TPSA) is 88.0 Å². The van der Waals surface area contributed by atoms with Gasteiger partial charge in [-0.25, -0.2) is 0 Å². The Morgan fingerprint density at radius 3 is 2.30 bits per heavy atom. The highest BCUT2D eigenvalue weighted by Gasteiger charge is 2.09. The van der Waals surface area contributed by atoms with Crippen molar-refractivity contribution in [3.05, 3.63) is 0 Å². The van der Waals surface area contributed by atoms with Gasteiger partial charge in [0.1, 0.15) is 6.10 Å². The van der Waals surface area contributed by atoms with Gasteiger partial charge >= 0.3 is 0 Å². The van der Waals surface area contributed by atoms with Crippen molar-refractivity contribution in [3.8, 4) is 12.1 Å². The molecule has 54 valence electrons. The Kier molecular flexibility index (Phi) is 4.23. The largest absolute Gasteiger partial charge is 0.392 e. The minimum absolute atomic E-state index is 0.0429. The first-order valence-corrected chi connectivity index (χ1v) is 2.83. The van der Waals surface area contributed by atoms with Crippen LogP contribution in [0, 0.1) is 22.7 Å². The fraction of sp³-hybridized carbons (Fsp3) is 0.667. The molecular weight excluding hydrogens is 132 g/mol. The molecule has 0 saturated heterocycles. The first-order chi connectivity index (χ1) is 4.70. The van der Waals surface area contributed by atoms with Gasteiger partial charge in [-0.2, -0.15) is 10.5 Å². The lowest BCUT2D eigenvalue weighted by molar-refractivity contribution is 0.110.